The van der Waals surface area contributed by atoms with Gasteiger partial charge in [-0.1, -0.05) is 12.2 Å². The molecule has 0 bridgehead atoms. The molecule has 1 amide bonds. The standard InChI is InChI=1S/C12H21N3OS/c1-8(12(16)14-9-2-3-9)15(10-4-5-10)7-6-11(13)17/h8-10H,2-7H2,1H3,(H2,13,17)(H,14,16). The molecule has 2 aliphatic carbocycles. The van der Waals surface area contributed by atoms with Crippen LogP contribution in [-0.2, 0) is 4.79 Å². The molecule has 0 radical (unpaired) electrons. The molecule has 0 aromatic carbocycles. The lowest BCUT2D eigenvalue weighted by atomic mass is 10.2. The third-order valence-corrected chi connectivity index (χ3v) is 3.64. The number of amides is 1. The van der Waals surface area contributed by atoms with E-state index < -0.39 is 0 Å². The Hall–Kier alpha value is -0.680. The first-order valence-electron chi connectivity index (χ1n) is 6.42. The van der Waals surface area contributed by atoms with Gasteiger partial charge < -0.3 is 11.1 Å². The van der Waals surface area contributed by atoms with Crippen molar-refractivity contribution in [2.75, 3.05) is 6.54 Å². The molecule has 1 unspecified atom stereocenters. The zero-order valence-electron chi connectivity index (χ0n) is 10.3. The van der Waals surface area contributed by atoms with E-state index >= 15 is 0 Å². The first-order valence-corrected chi connectivity index (χ1v) is 6.83. The molecule has 17 heavy (non-hydrogen) atoms. The second kappa shape index (κ2) is 5.31. The van der Waals surface area contributed by atoms with Crippen molar-refractivity contribution in [3.63, 3.8) is 0 Å². The van der Waals surface area contributed by atoms with Gasteiger partial charge >= 0.3 is 0 Å². The van der Waals surface area contributed by atoms with Gasteiger partial charge in [-0.15, -0.1) is 0 Å². The van der Waals surface area contributed by atoms with Crippen LogP contribution < -0.4 is 11.1 Å². The van der Waals surface area contributed by atoms with E-state index in [0.717, 1.165) is 19.4 Å². The van der Waals surface area contributed by atoms with E-state index in [4.69, 9.17) is 18.0 Å². The number of nitrogens with zero attached hydrogens (tertiary/aromatic N) is 1. The third-order valence-electron chi connectivity index (χ3n) is 3.43. The van der Waals surface area contributed by atoms with Gasteiger partial charge in [0.25, 0.3) is 0 Å². The zero-order valence-corrected chi connectivity index (χ0v) is 11.1. The van der Waals surface area contributed by atoms with Crippen LogP contribution in [0.1, 0.15) is 39.0 Å². The van der Waals surface area contributed by atoms with E-state index in [0.29, 0.717) is 23.5 Å². The lowest BCUT2D eigenvalue weighted by Gasteiger charge is -2.28. The molecule has 2 fully saturated rings. The van der Waals surface area contributed by atoms with Crippen LogP contribution in [0.3, 0.4) is 0 Å². The zero-order chi connectivity index (χ0) is 12.4. The maximum absolute atomic E-state index is 12.0. The van der Waals surface area contributed by atoms with E-state index in [2.05, 4.69) is 10.2 Å². The number of thiocarbonyl (C=S) groups is 1. The molecule has 0 saturated heterocycles. The summed E-state index contributed by atoms with van der Waals surface area (Å²) in [6.45, 7) is 2.79. The van der Waals surface area contributed by atoms with Crippen LogP contribution in [0.4, 0.5) is 0 Å². The van der Waals surface area contributed by atoms with Gasteiger partial charge in [-0.2, -0.15) is 0 Å². The smallest absolute Gasteiger partial charge is 0.237 e. The fourth-order valence-corrected chi connectivity index (χ4v) is 2.13. The summed E-state index contributed by atoms with van der Waals surface area (Å²) >= 11 is 4.90. The van der Waals surface area contributed by atoms with Gasteiger partial charge in [0.1, 0.15) is 0 Å². The van der Waals surface area contributed by atoms with Gasteiger partial charge in [0, 0.05) is 25.0 Å². The van der Waals surface area contributed by atoms with Crippen molar-refractivity contribution >= 4 is 23.1 Å². The van der Waals surface area contributed by atoms with E-state index in [-0.39, 0.29) is 11.9 Å². The molecule has 0 aliphatic heterocycles. The summed E-state index contributed by atoms with van der Waals surface area (Å²) in [5.41, 5.74) is 5.53. The number of rotatable bonds is 7. The average molecular weight is 255 g/mol. The van der Waals surface area contributed by atoms with Gasteiger partial charge in [-0.3, -0.25) is 9.69 Å². The summed E-state index contributed by atoms with van der Waals surface area (Å²) in [6.07, 6.45) is 5.35. The van der Waals surface area contributed by atoms with Crippen molar-refractivity contribution in [1.82, 2.24) is 10.2 Å². The normalized spacial score (nSPS) is 21.3. The maximum Gasteiger partial charge on any atom is 0.237 e. The van der Waals surface area contributed by atoms with Gasteiger partial charge in [0.15, 0.2) is 0 Å². The Bertz CT molecular complexity index is 313. The summed E-state index contributed by atoms with van der Waals surface area (Å²) in [7, 11) is 0. The number of nitrogens with two attached hydrogens (primary N) is 1. The van der Waals surface area contributed by atoms with Crippen LogP contribution in [-0.4, -0.2) is 40.5 Å². The molecule has 0 spiro atoms. The second-order valence-electron chi connectivity index (χ2n) is 5.14. The van der Waals surface area contributed by atoms with E-state index in [9.17, 15) is 4.79 Å². The van der Waals surface area contributed by atoms with Crippen LogP contribution in [0.25, 0.3) is 0 Å². The Morgan fingerprint density at radius 2 is 2.12 bits per heavy atom. The molecule has 2 aliphatic rings. The predicted octanol–water partition coefficient (Wildman–Crippen LogP) is 0.794. The van der Waals surface area contributed by atoms with Crippen molar-refractivity contribution in [3.05, 3.63) is 0 Å². The predicted molar refractivity (Wildman–Crippen MR) is 71.8 cm³/mol. The summed E-state index contributed by atoms with van der Waals surface area (Å²) in [5, 5.41) is 3.06. The van der Waals surface area contributed by atoms with Gasteiger partial charge in [0.2, 0.25) is 5.91 Å². The van der Waals surface area contributed by atoms with Crippen molar-refractivity contribution in [2.45, 2.75) is 57.2 Å². The molecule has 0 heterocycles. The summed E-state index contributed by atoms with van der Waals surface area (Å²) in [6, 6.07) is 0.934. The Morgan fingerprint density at radius 3 is 2.59 bits per heavy atom. The second-order valence-corrected chi connectivity index (χ2v) is 5.67. The molecule has 4 nitrogen and oxygen atoms in total. The van der Waals surface area contributed by atoms with Crippen LogP contribution >= 0.6 is 12.2 Å². The minimum absolute atomic E-state index is 0.0579. The number of hydrogen-bond donors (Lipinski definition) is 2. The molecule has 0 aromatic rings. The minimum Gasteiger partial charge on any atom is -0.393 e. The fraction of sp³-hybridized carbons (Fsp3) is 0.833. The van der Waals surface area contributed by atoms with Crippen LogP contribution in [0, 0.1) is 0 Å². The van der Waals surface area contributed by atoms with E-state index in [1.165, 1.54) is 12.8 Å². The highest BCUT2D eigenvalue weighted by atomic mass is 32.1. The van der Waals surface area contributed by atoms with Gasteiger partial charge in [-0.05, 0) is 32.6 Å². The van der Waals surface area contributed by atoms with Crippen LogP contribution in [0.5, 0.6) is 0 Å². The van der Waals surface area contributed by atoms with Gasteiger partial charge in [0.05, 0.1) is 11.0 Å². The molecule has 96 valence electrons. The fourth-order valence-electron chi connectivity index (χ4n) is 2.04. The summed E-state index contributed by atoms with van der Waals surface area (Å²) < 4.78 is 0. The number of carbonyl (C=O) groups excluding carboxylic acids is 1. The maximum atomic E-state index is 12.0. The largest absolute Gasteiger partial charge is 0.393 e. The van der Waals surface area contributed by atoms with Crippen molar-refractivity contribution in [3.8, 4) is 0 Å². The molecular weight excluding hydrogens is 234 g/mol. The minimum atomic E-state index is -0.0579. The Labute approximate surface area is 108 Å². The lowest BCUT2D eigenvalue weighted by Crippen LogP contribution is -2.47. The van der Waals surface area contributed by atoms with Crippen LogP contribution in [0.2, 0.25) is 0 Å². The van der Waals surface area contributed by atoms with Crippen molar-refractivity contribution in [2.24, 2.45) is 5.73 Å². The molecule has 2 saturated carbocycles. The van der Waals surface area contributed by atoms with E-state index in [1.54, 1.807) is 0 Å². The average Bonchev–Trinajstić information content (AvgIpc) is 3.10. The highest BCUT2D eigenvalue weighted by Gasteiger charge is 2.36. The quantitative estimate of drug-likeness (QED) is 0.661. The molecular formula is C12H21N3OS. The summed E-state index contributed by atoms with van der Waals surface area (Å²) in [4.78, 5) is 14.8. The Kier molecular flexibility index (Phi) is 3.99. The first-order chi connectivity index (χ1) is 8.08. The topological polar surface area (TPSA) is 58.4 Å². The molecule has 1 atom stereocenters. The van der Waals surface area contributed by atoms with Gasteiger partial charge in [-0.25, -0.2) is 0 Å². The number of nitrogens with one attached hydrogen (secondary N) is 1. The van der Waals surface area contributed by atoms with Crippen molar-refractivity contribution in [1.29, 1.82) is 0 Å². The molecule has 5 heteroatoms. The molecule has 0 aromatic heterocycles. The number of hydrogen-bond acceptors (Lipinski definition) is 3. The van der Waals surface area contributed by atoms with Crippen LogP contribution in [0.15, 0.2) is 0 Å². The molecule has 2 rings (SSSR count). The SMILES string of the molecule is CC(C(=O)NC1CC1)N(CCC(N)=S)C1CC1. The van der Waals surface area contributed by atoms with E-state index in [1.807, 2.05) is 6.92 Å². The summed E-state index contributed by atoms with van der Waals surface area (Å²) in [5.74, 6) is 0.155. The third kappa shape index (κ3) is 3.92. The monoisotopic (exact) mass is 255 g/mol. The highest BCUT2D eigenvalue weighted by molar-refractivity contribution is 7.80. The Morgan fingerprint density at radius 1 is 1.47 bits per heavy atom. The first kappa shape index (κ1) is 12.8. The number of carbonyl (C=O) groups is 1. The van der Waals surface area contributed by atoms with Crippen molar-refractivity contribution < 1.29 is 4.79 Å². The Balaban J connectivity index is 1.84. The highest BCUT2D eigenvalue weighted by Crippen LogP contribution is 2.29. The lowest BCUT2D eigenvalue weighted by molar-refractivity contribution is -0.126. The molecule has 3 N–H and O–H groups in total.